The molecule has 0 amide bonds. The van der Waals surface area contributed by atoms with E-state index in [1.807, 2.05) is 17.5 Å². The molecule has 4 aromatic rings. The molecule has 0 aliphatic carbocycles. The fourth-order valence-corrected chi connectivity index (χ4v) is 3.06. The Morgan fingerprint density at radius 2 is 1.96 bits per heavy atom. The molecule has 8 heteroatoms. The average Bonchev–Trinajstić information content (AvgIpc) is 3.23. The summed E-state index contributed by atoms with van der Waals surface area (Å²) in [4.78, 5) is 8.04. The van der Waals surface area contributed by atoms with Crippen molar-refractivity contribution in [3.63, 3.8) is 0 Å². The van der Waals surface area contributed by atoms with Gasteiger partial charge in [-0.3, -0.25) is 0 Å². The third-order valence-electron chi connectivity index (χ3n) is 3.45. The number of thiophene rings is 1. The van der Waals surface area contributed by atoms with Gasteiger partial charge in [-0.15, -0.1) is 11.3 Å². The predicted octanol–water partition coefficient (Wildman–Crippen LogP) is 3.95. The molecule has 0 spiro atoms. The highest BCUT2D eigenvalue weighted by atomic mass is 32.1. The van der Waals surface area contributed by atoms with E-state index in [1.54, 1.807) is 16.0 Å². The monoisotopic (exact) mass is 334 g/mol. The van der Waals surface area contributed by atoms with E-state index in [-0.39, 0.29) is 5.82 Å². The summed E-state index contributed by atoms with van der Waals surface area (Å²) in [5.74, 6) is -3.33. The van der Waals surface area contributed by atoms with E-state index in [9.17, 15) is 13.2 Å². The summed E-state index contributed by atoms with van der Waals surface area (Å²) in [6, 6.07) is 5.50. The van der Waals surface area contributed by atoms with Gasteiger partial charge >= 0.3 is 0 Å². The normalized spacial score (nSPS) is 11.4. The van der Waals surface area contributed by atoms with Crippen molar-refractivity contribution in [2.45, 2.75) is 6.54 Å². The van der Waals surface area contributed by atoms with Gasteiger partial charge in [-0.1, -0.05) is 6.07 Å². The molecule has 3 heterocycles. The van der Waals surface area contributed by atoms with Gasteiger partial charge in [0.05, 0.1) is 18.3 Å². The Bertz CT molecular complexity index is 988. The predicted molar refractivity (Wildman–Crippen MR) is 80.6 cm³/mol. The standard InChI is InChI=1S/C15H9F3N4S/c16-9-3-4-10(17)13(18)12(9)14-20-11-6-19-22(15(11)21-14)7-8-2-1-5-23-8/h1-6H,7H2,(H,20,21). The van der Waals surface area contributed by atoms with Crippen LogP contribution in [0.15, 0.2) is 35.8 Å². The van der Waals surface area contributed by atoms with Crippen molar-refractivity contribution in [3.05, 3.63) is 58.2 Å². The lowest BCUT2D eigenvalue weighted by Gasteiger charge is -2.02. The van der Waals surface area contributed by atoms with Crippen molar-refractivity contribution >= 4 is 22.5 Å². The van der Waals surface area contributed by atoms with E-state index in [0.717, 1.165) is 17.0 Å². The Morgan fingerprint density at radius 1 is 1.13 bits per heavy atom. The number of aromatic amines is 1. The molecule has 0 saturated heterocycles. The van der Waals surface area contributed by atoms with Crippen LogP contribution in [-0.2, 0) is 6.54 Å². The lowest BCUT2D eigenvalue weighted by Crippen LogP contribution is -2.01. The zero-order chi connectivity index (χ0) is 16.0. The van der Waals surface area contributed by atoms with Gasteiger partial charge in [0.1, 0.15) is 17.2 Å². The van der Waals surface area contributed by atoms with Gasteiger partial charge in [0.15, 0.2) is 17.3 Å². The summed E-state index contributed by atoms with van der Waals surface area (Å²) >= 11 is 1.57. The van der Waals surface area contributed by atoms with E-state index in [4.69, 9.17) is 0 Å². The zero-order valence-electron chi connectivity index (χ0n) is 11.6. The van der Waals surface area contributed by atoms with Crippen LogP contribution in [0.4, 0.5) is 13.2 Å². The van der Waals surface area contributed by atoms with Crippen LogP contribution >= 0.6 is 11.3 Å². The fourth-order valence-electron chi connectivity index (χ4n) is 2.37. The number of imidazole rings is 1. The minimum absolute atomic E-state index is 0.0631. The van der Waals surface area contributed by atoms with Crippen LogP contribution in [0.2, 0.25) is 0 Å². The second kappa shape index (κ2) is 5.24. The lowest BCUT2D eigenvalue weighted by molar-refractivity contribution is 0.498. The van der Waals surface area contributed by atoms with Gasteiger partial charge in [-0.05, 0) is 23.6 Å². The quantitative estimate of drug-likeness (QED) is 0.577. The van der Waals surface area contributed by atoms with Gasteiger partial charge < -0.3 is 4.98 Å². The molecule has 0 fully saturated rings. The number of hydrogen-bond acceptors (Lipinski definition) is 3. The van der Waals surface area contributed by atoms with Gasteiger partial charge in [-0.2, -0.15) is 5.10 Å². The van der Waals surface area contributed by atoms with Crippen LogP contribution in [0.5, 0.6) is 0 Å². The number of hydrogen-bond donors (Lipinski definition) is 1. The van der Waals surface area contributed by atoms with Crippen LogP contribution in [0, 0.1) is 17.5 Å². The first-order chi connectivity index (χ1) is 11.1. The largest absolute Gasteiger partial charge is 0.335 e. The topological polar surface area (TPSA) is 46.5 Å². The first-order valence-corrected chi connectivity index (χ1v) is 7.59. The van der Waals surface area contributed by atoms with Crippen molar-refractivity contribution in [1.29, 1.82) is 0 Å². The van der Waals surface area contributed by atoms with Crippen LogP contribution in [0.3, 0.4) is 0 Å². The second-order valence-corrected chi connectivity index (χ2v) is 5.95. The van der Waals surface area contributed by atoms with Gasteiger partial charge in [0.25, 0.3) is 0 Å². The minimum atomic E-state index is -1.26. The molecule has 1 N–H and O–H groups in total. The van der Waals surface area contributed by atoms with Crippen molar-refractivity contribution < 1.29 is 13.2 Å². The first kappa shape index (κ1) is 14.0. The third-order valence-corrected chi connectivity index (χ3v) is 4.31. The van der Waals surface area contributed by atoms with E-state index < -0.39 is 23.0 Å². The molecule has 0 atom stereocenters. The Hall–Kier alpha value is -2.61. The molecule has 4 nitrogen and oxygen atoms in total. The Kier molecular flexibility index (Phi) is 3.19. The maximum absolute atomic E-state index is 13.9. The highest BCUT2D eigenvalue weighted by Gasteiger charge is 2.20. The number of benzene rings is 1. The van der Waals surface area contributed by atoms with Crippen molar-refractivity contribution in [2.75, 3.05) is 0 Å². The summed E-state index contributed by atoms with van der Waals surface area (Å²) in [5, 5.41) is 6.14. The molecule has 1 aromatic carbocycles. The molecular formula is C15H9F3N4S. The molecule has 0 radical (unpaired) electrons. The maximum atomic E-state index is 13.9. The van der Waals surface area contributed by atoms with E-state index in [1.165, 1.54) is 6.20 Å². The minimum Gasteiger partial charge on any atom is -0.335 e. The number of aromatic nitrogens is 4. The highest BCUT2D eigenvalue weighted by molar-refractivity contribution is 7.09. The SMILES string of the molecule is Fc1ccc(F)c(-c2nc3c(cnn3Cc3cccs3)[nH]2)c1F. The maximum Gasteiger partial charge on any atom is 0.177 e. The van der Waals surface area contributed by atoms with Gasteiger partial charge in [0.2, 0.25) is 0 Å². The molecule has 116 valence electrons. The lowest BCUT2D eigenvalue weighted by atomic mass is 10.2. The molecule has 0 bridgehead atoms. The van der Waals surface area contributed by atoms with Crippen molar-refractivity contribution in [1.82, 2.24) is 19.7 Å². The fraction of sp³-hybridized carbons (Fsp3) is 0.0667. The average molecular weight is 334 g/mol. The van der Waals surface area contributed by atoms with Crippen molar-refractivity contribution in [2.24, 2.45) is 0 Å². The summed E-state index contributed by atoms with van der Waals surface area (Å²) in [5.41, 5.74) is 0.472. The number of nitrogens with one attached hydrogen (secondary N) is 1. The number of fused-ring (bicyclic) bond motifs is 1. The smallest absolute Gasteiger partial charge is 0.177 e. The molecule has 0 saturated carbocycles. The Balaban J connectivity index is 1.82. The Labute approximate surface area is 132 Å². The summed E-state index contributed by atoms with van der Waals surface area (Å²) < 4.78 is 42.7. The number of nitrogens with zero attached hydrogens (tertiary/aromatic N) is 3. The molecule has 3 aromatic heterocycles. The summed E-state index contributed by atoms with van der Waals surface area (Å²) in [7, 11) is 0. The van der Waals surface area contributed by atoms with Gasteiger partial charge in [0, 0.05) is 4.88 Å². The van der Waals surface area contributed by atoms with E-state index in [0.29, 0.717) is 17.7 Å². The summed E-state index contributed by atoms with van der Waals surface area (Å²) in [6.45, 7) is 0.500. The Morgan fingerprint density at radius 3 is 2.74 bits per heavy atom. The first-order valence-electron chi connectivity index (χ1n) is 6.71. The highest BCUT2D eigenvalue weighted by Crippen LogP contribution is 2.27. The van der Waals surface area contributed by atoms with Crippen molar-refractivity contribution in [3.8, 4) is 11.4 Å². The van der Waals surface area contributed by atoms with E-state index in [2.05, 4.69) is 15.1 Å². The summed E-state index contributed by atoms with van der Waals surface area (Å²) in [6.07, 6.45) is 1.52. The number of H-pyrrole nitrogens is 1. The van der Waals surface area contributed by atoms with Crippen LogP contribution < -0.4 is 0 Å². The molecule has 0 aliphatic heterocycles. The molecule has 23 heavy (non-hydrogen) atoms. The molecule has 0 unspecified atom stereocenters. The number of rotatable bonds is 3. The third kappa shape index (κ3) is 2.31. The van der Waals surface area contributed by atoms with Crippen LogP contribution in [0.1, 0.15) is 4.88 Å². The van der Waals surface area contributed by atoms with E-state index >= 15 is 0 Å². The number of halogens is 3. The molecule has 0 aliphatic rings. The van der Waals surface area contributed by atoms with Crippen LogP contribution in [-0.4, -0.2) is 19.7 Å². The van der Waals surface area contributed by atoms with Gasteiger partial charge in [-0.25, -0.2) is 22.8 Å². The second-order valence-electron chi connectivity index (χ2n) is 4.92. The van der Waals surface area contributed by atoms with Crippen LogP contribution in [0.25, 0.3) is 22.6 Å². The molecular weight excluding hydrogens is 325 g/mol. The zero-order valence-corrected chi connectivity index (χ0v) is 12.4. The molecule has 4 rings (SSSR count).